The Balaban J connectivity index is 0.000000163. The van der Waals surface area contributed by atoms with Gasteiger partial charge < -0.3 is 18.3 Å². The monoisotopic (exact) mass is 1900 g/mol. The Morgan fingerprint density at radius 1 is 0.135 bits per heavy atom. The molecule has 0 aliphatic carbocycles. The molecule has 8 nitrogen and oxygen atoms in total. The van der Waals surface area contributed by atoms with Gasteiger partial charge in [-0.05, 0) is 343 Å². The number of benzene rings is 20. The summed E-state index contributed by atoms with van der Waals surface area (Å²) in [6, 6.07) is 143. The van der Waals surface area contributed by atoms with Gasteiger partial charge in [0.15, 0.2) is 0 Å². The highest BCUT2D eigenvalue weighted by Gasteiger charge is 2.29. The summed E-state index contributed by atoms with van der Waals surface area (Å²) < 4.78 is 9.26. The Morgan fingerprint density at radius 3 is 0.493 bits per heavy atom. The van der Waals surface area contributed by atoms with Gasteiger partial charge in [-0.15, -0.1) is 0 Å². The molecule has 708 valence electrons. The Bertz CT molecular complexity index is 8900. The van der Waals surface area contributed by atoms with Crippen molar-refractivity contribution in [1.82, 2.24) is 18.3 Å². The van der Waals surface area contributed by atoms with Crippen LogP contribution in [-0.4, -0.2) is 18.3 Å². The summed E-state index contributed by atoms with van der Waals surface area (Å²) in [7, 11) is 0. The molecule has 0 fully saturated rings. The normalized spacial score (nSPS) is 11.5. The van der Waals surface area contributed by atoms with Crippen LogP contribution in [0.5, 0.6) is 0 Å². The SMILES string of the molecule is Cc1cc(C)cc(-c2ccc3c(c2)c2cc(-c4cc(C)cc(C)c4)ccc2n3-c2cc(-c3cccc(C#N)c3)cc(-n3c4ccc(-c5cc(C)cc(C)c5)cc4c4cc(-c5cc(C)cc(C)c5)ccc43)c2C#N)c1.Cc1cc(C)cc(-c2ccc3c4ccc(-c5cc(C)cc(C)c5)cc4n(-c4cc(-c5cccc(C#N)c5)cc(-n5c6cc(-c7cc(C)cc(C)c7)ccc6c6ccc(-c7cc(C)cc(C)c7)cc65)c4C#N)c3c2)c1. The van der Waals surface area contributed by atoms with Crippen LogP contribution in [0.2, 0.25) is 0 Å². The van der Waals surface area contributed by atoms with Crippen molar-refractivity contribution in [2.45, 2.75) is 111 Å². The van der Waals surface area contributed by atoms with E-state index in [-0.39, 0.29) is 0 Å². The minimum absolute atomic E-state index is 0.532. The van der Waals surface area contributed by atoms with Gasteiger partial charge in [0.05, 0.1) is 90.1 Å². The molecule has 24 aromatic rings. The molecule has 4 heterocycles. The highest BCUT2D eigenvalue weighted by molar-refractivity contribution is 6.17. The molecule has 0 radical (unpaired) electrons. The predicted octanol–water partition coefficient (Wildman–Crippen LogP) is 36.9. The first-order chi connectivity index (χ1) is 71.6. The van der Waals surface area contributed by atoms with E-state index in [4.69, 9.17) is 0 Å². The number of aromatic nitrogens is 4. The van der Waals surface area contributed by atoms with E-state index in [1.165, 1.54) is 111 Å². The average molecular weight is 1900 g/mol. The van der Waals surface area contributed by atoms with Gasteiger partial charge in [0.2, 0.25) is 0 Å². The smallest absolute Gasteiger partial charge is 0.104 e. The first kappa shape index (κ1) is 93.2. The molecular weight excluding hydrogens is 1790 g/mol. The van der Waals surface area contributed by atoms with E-state index in [0.717, 1.165) is 199 Å². The molecule has 0 saturated carbocycles. The van der Waals surface area contributed by atoms with E-state index in [0.29, 0.717) is 22.3 Å². The van der Waals surface area contributed by atoms with Crippen LogP contribution in [0.4, 0.5) is 0 Å². The molecule has 0 amide bonds. The Hall–Kier alpha value is -18.4. The van der Waals surface area contributed by atoms with Gasteiger partial charge in [0.25, 0.3) is 0 Å². The molecule has 0 bridgehead atoms. The minimum Gasteiger partial charge on any atom is -0.308 e. The molecule has 0 spiro atoms. The Kier molecular flexibility index (Phi) is 23.3. The van der Waals surface area contributed by atoms with E-state index >= 15 is 0 Å². The summed E-state index contributed by atoms with van der Waals surface area (Å²) in [4.78, 5) is 0. The van der Waals surface area contributed by atoms with Crippen molar-refractivity contribution in [2.75, 3.05) is 0 Å². The zero-order valence-electron chi connectivity index (χ0n) is 86.2. The van der Waals surface area contributed by atoms with Crippen molar-refractivity contribution < 1.29 is 0 Å². The quantitative estimate of drug-likeness (QED) is 0.108. The van der Waals surface area contributed by atoms with Gasteiger partial charge in [0.1, 0.15) is 23.3 Å². The number of aryl methyl sites for hydroxylation is 16. The molecular formula is C140H108N8. The molecule has 0 aliphatic heterocycles. The highest BCUT2D eigenvalue weighted by atomic mass is 15.0. The van der Waals surface area contributed by atoms with Crippen LogP contribution in [0.1, 0.15) is 111 Å². The fourth-order valence-electron chi connectivity index (χ4n) is 23.7. The molecule has 0 aliphatic rings. The Labute approximate surface area is 864 Å². The number of hydrogen-bond acceptors (Lipinski definition) is 4. The zero-order chi connectivity index (χ0) is 102. The number of rotatable bonds is 14. The lowest BCUT2D eigenvalue weighted by atomic mass is 9.97. The lowest BCUT2D eigenvalue weighted by Crippen LogP contribution is -2.05. The van der Waals surface area contributed by atoms with Crippen LogP contribution in [0.25, 0.3) is 221 Å². The first-order valence-electron chi connectivity index (χ1n) is 50.8. The molecule has 4 aromatic heterocycles. The van der Waals surface area contributed by atoms with E-state index in [1.807, 2.05) is 36.4 Å². The predicted molar refractivity (Wildman–Crippen MR) is 619 cm³/mol. The van der Waals surface area contributed by atoms with Gasteiger partial charge in [-0.3, -0.25) is 0 Å². The first-order valence-corrected chi connectivity index (χ1v) is 50.8. The van der Waals surface area contributed by atoms with Crippen molar-refractivity contribution in [3.63, 3.8) is 0 Å². The fourth-order valence-corrected chi connectivity index (χ4v) is 23.7. The van der Waals surface area contributed by atoms with E-state index in [1.54, 1.807) is 0 Å². The third-order valence-corrected chi connectivity index (χ3v) is 29.5. The number of nitrogens with zero attached hydrogens (tertiary/aromatic N) is 8. The van der Waals surface area contributed by atoms with Crippen LogP contribution in [0.15, 0.2) is 364 Å². The summed E-state index contributed by atoms with van der Waals surface area (Å²) in [6.07, 6.45) is 0. The molecule has 0 saturated heterocycles. The number of nitriles is 4. The molecule has 0 N–H and O–H groups in total. The third kappa shape index (κ3) is 17.1. The maximum Gasteiger partial charge on any atom is 0.104 e. The van der Waals surface area contributed by atoms with Gasteiger partial charge >= 0.3 is 0 Å². The average Bonchev–Trinajstić information content (AvgIpc) is 1.56. The van der Waals surface area contributed by atoms with E-state index in [2.05, 4.69) is 481 Å². The second-order valence-electron chi connectivity index (χ2n) is 41.6. The summed E-state index contributed by atoms with van der Waals surface area (Å²) in [5, 5.41) is 53.2. The summed E-state index contributed by atoms with van der Waals surface area (Å²) in [5.41, 5.74) is 54.3. The van der Waals surface area contributed by atoms with Crippen LogP contribution in [-0.2, 0) is 0 Å². The summed E-state index contributed by atoms with van der Waals surface area (Å²) >= 11 is 0. The number of hydrogen-bond donors (Lipinski definition) is 0. The van der Waals surface area contributed by atoms with Crippen LogP contribution in [0, 0.1) is 156 Å². The van der Waals surface area contributed by atoms with Crippen molar-refractivity contribution in [3.8, 4) is 158 Å². The van der Waals surface area contributed by atoms with Crippen LogP contribution in [0.3, 0.4) is 0 Å². The Morgan fingerprint density at radius 2 is 0.304 bits per heavy atom. The fraction of sp³-hybridized carbons (Fsp3) is 0.114. The van der Waals surface area contributed by atoms with Gasteiger partial charge in [-0.2, -0.15) is 21.0 Å². The van der Waals surface area contributed by atoms with Crippen molar-refractivity contribution >= 4 is 87.2 Å². The molecule has 24 rings (SSSR count). The largest absolute Gasteiger partial charge is 0.308 e. The lowest BCUT2D eigenvalue weighted by molar-refractivity contribution is 1.12. The van der Waals surface area contributed by atoms with E-state index < -0.39 is 0 Å². The van der Waals surface area contributed by atoms with Crippen molar-refractivity contribution in [2.24, 2.45) is 0 Å². The second kappa shape index (κ2) is 37.1. The minimum atomic E-state index is 0.532. The van der Waals surface area contributed by atoms with Gasteiger partial charge in [0, 0.05) is 43.1 Å². The molecule has 148 heavy (non-hydrogen) atoms. The second-order valence-corrected chi connectivity index (χ2v) is 41.6. The standard InChI is InChI=1S/2C70H54N4/c1-41-20-42(2)25-55(24-41)51-12-16-65-60(33-51)61-34-52(56-26-43(3)21-44(4)27-56)13-17-66(61)73(65)69-37-59(50-11-9-10-49(32-50)39-71)38-70(64(69)40-72)74-67-18-14-53(57-28-45(5)22-46(6)29-57)35-62(67)63-36-54(15-19-68(63)74)58-30-47(7)23-48(8)31-58;1-41-20-42(2)25-55(24-41)51-12-16-60-61-17-13-52(56-26-43(3)21-44(4)27-56)34-66(61)73(65(60)33-51)69-37-59(50-11-9-10-49(32-50)39-71)38-70(64(69)40-72)74-67-35-53(57-28-45(5)22-46(6)29-57)14-18-62(67)63-19-15-54(36-68(63)74)58-30-47(7)23-48(8)31-58/h2*9-38H,1-8H3. The maximum absolute atomic E-state index is 12.1. The zero-order valence-corrected chi connectivity index (χ0v) is 86.2. The molecule has 0 unspecified atom stereocenters. The summed E-state index contributed by atoms with van der Waals surface area (Å²) in [5.74, 6) is 0. The lowest BCUT2D eigenvalue weighted by Gasteiger charge is -2.19. The van der Waals surface area contributed by atoms with Crippen LogP contribution >= 0.6 is 0 Å². The van der Waals surface area contributed by atoms with Gasteiger partial charge in [-0.1, -0.05) is 332 Å². The van der Waals surface area contributed by atoms with Crippen molar-refractivity contribution in [1.29, 1.82) is 21.0 Å². The molecule has 20 aromatic carbocycles. The number of fused-ring (bicyclic) bond motifs is 12. The van der Waals surface area contributed by atoms with E-state index in [9.17, 15) is 21.0 Å². The highest BCUT2D eigenvalue weighted by Crippen LogP contribution is 2.49. The maximum atomic E-state index is 12.1. The van der Waals surface area contributed by atoms with Crippen LogP contribution < -0.4 is 0 Å². The third-order valence-electron chi connectivity index (χ3n) is 29.5. The summed E-state index contributed by atoms with van der Waals surface area (Å²) in [6.45, 7) is 34.5. The topological polar surface area (TPSA) is 115 Å². The van der Waals surface area contributed by atoms with Crippen molar-refractivity contribution in [3.05, 3.63) is 475 Å². The molecule has 8 heteroatoms. The van der Waals surface area contributed by atoms with Gasteiger partial charge in [-0.25, -0.2) is 0 Å². The molecule has 0 atom stereocenters.